The van der Waals surface area contributed by atoms with Gasteiger partial charge in [-0.15, -0.1) is 6.42 Å². The van der Waals surface area contributed by atoms with E-state index in [0.717, 1.165) is 0 Å². The lowest BCUT2D eigenvalue weighted by molar-refractivity contribution is -0.147. The topological polar surface area (TPSA) is 55.8 Å². The van der Waals surface area contributed by atoms with Gasteiger partial charge >= 0.3 is 12.1 Å². The Morgan fingerprint density at radius 3 is 2.42 bits per heavy atom. The second-order valence-electron chi connectivity index (χ2n) is 5.61. The van der Waals surface area contributed by atoms with Crippen molar-refractivity contribution in [2.75, 3.05) is 13.7 Å². The molecule has 2 unspecified atom stereocenters. The first-order valence-electron chi connectivity index (χ1n) is 6.32. The number of carbonyl (C=O) groups is 2. The highest BCUT2D eigenvalue weighted by Crippen LogP contribution is 2.24. The molecule has 106 valence electrons. The summed E-state index contributed by atoms with van der Waals surface area (Å²) in [6, 6.07) is -0.323. The minimum Gasteiger partial charge on any atom is -0.469 e. The predicted molar refractivity (Wildman–Crippen MR) is 70.3 cm³/mol. The number of hydrogen-bond acceptors (Lipinski definition) is 4. The molecule has 1 aliphatic heterocycles. The number of methoxy groups -OCH3 is 1. The summed E-state index contributed by atoms with van der Waals surface area (Å²) in [5.41, 5.74) is -0.589. The largest absolute Gasteiger partial charge is 0.469 e. The van der Waals surface area contributed by atoms with Crippen molar-refractivity contribution < 1.29 is 19.1 Å². The highest BCUT2D eigenvalue weighted by Gasteiger charge is 2.36. The van der Waals surface area contributed by atoms with E-state index in [9.17, 15) is 9.59 Å². The van der Waals surface area contributed by atoms with Crippen molar-refractivity contribution in [1.82, 2.24) is 4.90 Å². The third-order valence-corrected chi connectivity index (χ3v) is 2.94. The summed E-state index contributed by atoms with van der Waals surface area (Å²) in [4.78, 5) is 25.1. The zero-order chi connectivity index (χ0) is 14.6. The van der Waals surface area contributed by atoms with Crippen molar-refractivity contribution in [2.24, 2.45) is 5.92 Å². The summed E-state index contributed by atoms with van der Waals surface area (Å²) in [6.45, 7) is 5.61. The highest BCUT2D eigenvalue weighted by atomic mass is 16.6. The SMILES string of the molecule is C#CC1CCC(C(=O)OC)CN1C(=O)OC(C)(C)C. The van der Waals surface area contributed by atoms with E-state index in [1.165, 1.54) is 12.0 Å². The van der Waals surface area contributed by atoms with Crippen molar-refractivity contribution in [3.8, 4) is 12.3 Å². The van der Waals surface area contributed by atoms with Gasteiger partial charge < -0.3 is 9.47 Å². The van der Waals surface area contributed by atoms with Crippen molar-refractivity contribution in [3.05, 3.63) is 0 Å². The lowest BCUT2D eigenvalue weighted by atomic mass is 9.93. The van der Waals surface area contributed by atoms with Crippen LogP contribution in [0.3, 0.4) is 0 Å². The summed E-state index contributed by atoms with van der Waals surface area (Å²) >= 11 is 0. The van der Waals surface area contributed by atoms with Gasteiger partial charge in [-0.2, -0.15) is 0 Å². The number of rotatable bonds is 1. The third-order valence-electron chi connectivity index (χ3n) is 2.94. The maximum absolute atomic E-state index is 12.1. The number of esters is 1. The van der Waals surface area contributed by atoms with Crippen molar-refractivity contribution in [1.29, 1.82) is 0 Å². The summed E-state index contributed by atoms with van der Waals surface area (Å²) in [7, 11) is 1.34. The molecule has 0 aliphatic carbocycles. The highest BCUT2D eigenvalue weighted by molar-refractivity contribution is 5.75. The number of nitrogens with zero attached hydrogens (tertiary/aromatic N) is 1. The second kappa shape index (κ2) is 5.96. The quantitative estimate of drug-likeness (QED) is 0.537. The first-order chi connectivity index (χ1) is 8.78. The maximum atomic E-state index is 12.1. The van der Waals surface area contributed by atoms with E-state index in [1.54, 1.807) is 20.8 Å². The molecule has 0 saturated carbocycles. The van der Waals surface area contributed by atoms with Gasteiger partial charge in [-0.05, 0) is 33.6 Å². The number of hydrogen-bond donors (Lipinski definition) is 0. The fraction of sp³-hybridized carbons (Fsp3) is 0.714. The Hall–Kier alpha value is -1.70. The molecule has 1 rings (SSSR count). The van der Waals surface area contributed by atoms with Gasteiger partial charge in [0.05, 0.1) is 19.1 Å². The molecule has 1 heterocycles. The molecule has 0 bridgehead atoms. The summed E-state index contributed by atoms with van der Waals surface area (Å²) in [5.74, 6) is 1.92. The van der Waals surface area contributed by atoms with Crippen LogP contribution in [0, 0.1) is 18.3 Å². The van der Waals surface area contributed by atoms with E-state index in [-0.39, 0.29) is 24.5 Å². The molecule has 1 amide bonds. The van der Waals surface area contributed by atoms with Crippen LogP contribution in [0.4, 0.5) is 4.79 Å². The monoisotopic (exact) mass is 267 g/mol. The van der Waals surface area contributed by atoms with Crippen LogP contribution < -0.4 is 0 Å². The molecule has 1 fully saturated rings. The smallest absolute Gasteiger partial charge is 0.411 e. The minimum atomic E-state index is -0.589. The van der Waals surface area contributed by atoms with Crippen molar-refractivity contribution in [3.63, 3.8) is 0 Å². The van der Waals surface area contributed by atoms with Crippen LogP contribution in [0.25, 0.3) is 0 Å². The number of carbonyl (C=O) groups excluding carboxylic acids is 2. The molecule has 0 N–H and O–H groups in total. The molecule has 19 heavy (non-hydrogen) atoms. The zero-order valence-electron chi connectivity index (χ0n) is 11.9. The number of terminal acetylenes is 1. The van der Waals surface area contributed by atoms with Crippen LogP contribution in [-0.2, 0) is 14.3 Å². The van der Waals surface area contributed by atoms with Gasteiger partial charge in [0.25, 0.3) is 0 Å². The summed E-state index contributed by atoms with van der Waals surface area (Å²) < 4.78 is 10.0. The molecule has 5 nitrogen and oxygen atoms in total. The molecule has 2 atom stereocenters. The van der Waals surface area contributed by atoms with Crippen molar-refractivity contribution in [2.45, 2.75) is 45.3 Å². The first-order valence-corrected chi connectivity index (χ1v) is 6.32. The average Bonchev–Trinajstić information content (AvgIpc) is 2.35. The normalized spacial score (nSPS) is 23.4. The van der Waals surface area contributed by atoms with Gasteiger partial charge in [0, 0.05) is 6.54 Å². The third kappa shape index (κ3) is 4.16. The van der Waals surface area contributed by atoms with Crippen LogP contribution >= 0.6 is 0 Å². The van der Waals surface area contributed by atoms with Crippen LogP contribution in [-0.4, -0.2) is 42.3 Å². The number of amides is 1. The van der Waals surface area contributed by atoms with Gasteiger partial charge in [0.15, 0.2) is 0 Å². The van der Waals surface area contributed by atoms with E-state index in [1.807, 2.05) is 0 Å². The molecule has 1 aliphatic rings. The lowest BCUT2D eigenvalue weighted by Crippen LogP contribution is -2.49. The molecule has 1 saturated heterocycles. The van der Waals surface area contributed by atoms with E-state index in [0.29, 0.717) is 12.8 Å². The fourth-order valence-electron chi connectivity index (χ4n) is 2.03. The van der Waals surface area contributed by atoms with E-state index < -0.39 is 11.7 Å². The Labute approximate surface area is 114 Å². The van der Waals surface area contributed by atoms with E-state index in [2.05, 4.69) is 5.92 Å². The molecule has 0 aromatic carbocycles. The van der Waals surface area contributed by atoms with Crippen LogP contribution in [0.5, 0.6) is 0 Å². The van der Waals surface area contributed by atoms with Crippen LogP contribution in [0.2, 0.25) is 0 Å². The Bertz CT molecular complexity index is 391. The molecule has 0 aromatic rings. The predicted octanol–water partition coefficient (Wildman–Crippen LogP) is 1.81. The van der Waals surface area contributed by atoms with E-state index >= 15 is 0 Å². The zero-order valence-corrected chi connectivity index (χ0v) is 11.9. The summed E-state index contributed by atoms with van der Waals surface area (Å²) in [6.07, 6.45) is 6.16. The van der Waals surface area contributed by atoms with E-state index in [4.69, 9.17) is 15.9 Å². The Morgan fingerprint density at radius 1 is 1.32 bits per heavy atom. The standard InChI is InChI=1S/C14H21NO4/c1-6-11-8-7-10(12(16)18-5)9-15(11)13(17)19-14(2,3)4/h1,10-11H,7-9H2,2-5H3. The number of ether oxygens (including phenoxy) is 2. The average molecular weight is 267 g/mol. The molecule has 5 heteroatoms. The molecule has 0 radical (unpaired) electrons. The first kappa shape index (κ1) is 15.4. The fourth-order valence-corrected chi connectivity index (χ4v) is 2.03. The minimum absolute atomic E-state index is 0.246. The van der Waals surface area contributed by atoms with Gasteiger partial charge in [-0.1, -0.05) is 5.92 Å². The number of piperidine rings is 1. The van der Waals surface area contributed by atoms with Crippen LogP contribution in [0.15, 0.2) is 0 Å². The second-order valence-corrected chi connectivity index (χ2v) is 5.61. The van der Waals surface area contributed by atoms with Gasteiger partial charge in [0.1, 0.15) is 5.60 Å². The Morgan fingerprint density at radius 2 is 1.95 bits per heavy atom. The molecular formula is C14H21NO4. The Kier molecular flexibility index (Phi) is 4.82. The van der Waals surface area contributed by atoms with Gasteiger partial charge in [0.2, 0.25) is 0 Å². The molecular weight excluding hydrogens is 246 g/mol. The summed E-state index contributed by atoms with van der Waals surface area (Å²) in [5, 5.41) is 0. The Balaban J connectivity index is 2.78. The van der Waals surface area contributed by atoms with Crippen LogP contribution in [0.1, 0.15) is 33.6 Å². The van der Waals surface area contributed by atoms with Crippen molar-refractivity contribution >= 4 is 12.1 Å². The van der Waals surface area contributed by atoms with Gasteiger partial charge in [-0.25, -0.2) is 4.79 Å². The number of likely N-dealkylation sites (tertiary alicyclic amines) is 1. The molecule has 0 spiro atoms. The lowest BCUT2D eigenvalue weighted by Gasteiger charge is -2.36. The maximum Gasteiger partial charge on any atom is 0.411 e. The van der Waals surface area contributed by atoms with Gasteiger partial charge in [-0.3, -0.25) is 9.69 Å². The molecule has 0 aromatic heterocycles.